The molecule has 5 nitrogen and oxygen atoms in total. The number of hydrogen-bond acceptors (Lipinski definition) is 4. The second-order valence-electron chi connectivity index (χ2n) is 7.47. The highest BCUT2D eigenvalue weighted by Gasteiger charge is 2.30. The monoisotopic (exact) mass is 474 g/mol. The molecule has 2 aromatic heterocycles. The third-order valence-corrected chi connectivity index (χ3v) is 6.51. The van der Waals surface area contributed by atoms with E-state index in [4.69, 9.17) is 9.84 Å². The molecule has 4 rings (SSSR count). The molecule has 2 aromatic carbocycles. The molecule has 172 valence electrons. The van der Waals surface area contributed by atoms with Crippen LogP contribution in [-0.2, 0) is 30.4 Å². The quantitative estimate of drug-likeness (QED) is 0.338. The molecule has 0 aliphatic rings. The Kier molecular flexibility index (Phi) is 6.42. The van der Waals surface area contributed by atoms with Gasteiger partial charge in [0, 0.05) is 34.0 Å². The molecule has 0 fully saturated rings. The largest absolute Gasteiger partial charge is 0.493 e. The fraction of sp³-hybridized carbons (Fsp3) is 0.250. The second kappa shape index (κ2) is 9.27. The van der Waals surface area contributed by atoms with Crippen LogP contribution in [0.1, 0.15) is 23.1 Å². The normalized spacial score (nSPS) is 11.8. The maximum absolute atomic E-state index is 12.8. The Balaban J connectivity index is 1.43. The van der Waals surface area contributed by atoms with Crippen LogP contribution in [0.3, 0.4) is 0 Å². The zero-order chi connectivity index (χ0) is 23.6. The van der Waals surface area contributed by atoms with Crippen molar-refractivity contribution < 1.29 is 27.8 Å². The summed E-state index contributed by atoms with van der Waals surface area (Å²) in [6.07, 6.45) is -1.29. The number of fused-ring (bicyclic) bond motifs is 1. The van der Waals surface area contributed by atoms with Gasteiger partial charge in [-0.15, -0.1) is 11.3 Å². The lowest BCUT2D eigenvalue weighted by molar-refractivity contribution is -0.138. The Bertz CT molecular complexity index is 1280. The van der Waals surface area contributed by atoms with E-state index < -0.39 is 17.7 Å². The first-order valence-electron chi connectivity index (χ1n) is 10.3. The van der Waals surface area contributed by atoms with E-state index in [0.29, 0.717) is 29.3 Å². The average molecular weight is 475 g/mol. The fourth-order valence-electron chi connectivity index (χ4n) is 3.60. The number of carboxylic acids is 1. The van der Waals surface area contributed by atoms with Gasteiger partial charge in [-0.2, -0.15) is 13.2 Å². The minimum atomic E-state index is -4.36. The van der Waals surface area contributed by atoms with Crippen LogP contribution in [-0.4, -0.2) is 27.2 Å². The summed E-state index contributed by atoms with van der Waals surface area (Å²) in [4.78, 5) is 16.7. The van der Waals surface area contributed by atoms with E-state index >= 15 is 0 Å². The van der Waals surface area contributed by atoms with Gasteiger partial charge in [0.2, 0.25) is 0 Å². The molecule has 0 atom stereocenters. The summed E-state index contributed by atoms with van der Waals surface area (Å²) in [7, 11) is 0. The van der Waals surface area contributed by atoms with Crippen LogP contribution < -0.4 is 4.74 Å². The Hall–Kier alpha value is -3.33. The van der Waals surface area contributed by atoms with E-state index in [2.05, 4.69) is 4.98 Å². The molecule has 0 aliphatic carbocycles. The lowest BCUT2D eigenvalue weighted by Crippen LogP contribution is -2.07. The maximum atomic E-state index is 12.8. The lowest BCUT2D eigenvalue weighted by atomic mass is 10.1. The zero-order valence-electron chi connectivity index (χ0n) is 17.7. The number of aliphatic carboxylic acids is 1. The molecule has 0 saturated carbocycles. The first-order valence-corrected chi connectivity index (χ1v) is 11.2. The number of carboxylic acid groups (broad SMARTS) is 1. The second-order valence-corrected chi connectivity index (χ2v) is 8.56. The number of rotatable bonds is 8. The number of aryl methyl sites for hydroxylation is 1. The van der Waals surface area contributed by atoms with Crippen LogP contribution in [0.5, 0.6) is 5.75 Å². The van der Waals surface area contributed by atoms with Crippen molar-refractivity contribution in [3.8, 4) is 16.3 Å². The van der Waals surface area contributed by atoms with E-state index in [9.17, 15) is 18.0 Å². The summed E-state index contributed by atoms with van der Waals surface area (Å²) >= 11 is 1.48. The topological polar surface area (TPSA) is 64.4 Å². The van der Waals surface area contributed by atoms with E-state index in [-0.39, 0.29) is 6.54 Å². The van der Waals surface area contributed by atoms with Crippen molar-refractivity contribution in [2.75, 3.05) is 6.61 Å². The highest BCUT2D eigenvalue weighted by Crippen LogP contribution is 2.33. The average Bonchev–Trinajstić information content (AvgIpc) is 3.37. The van der Waals surface area contributed by atoms with Crippen molar-refractivity contribution in [2.45, 2.75) is 32.5 Å². The van der Waals surface area contributed by atoms with Gasteiger partial charge in [0.15, 0.2) is 0 Å². The number of alkyl halides is 3. The Morgan fingerprint density at radius 3 is 2.58 bits per heavy atom. The molecule has 0 amide bonds. The number of benzene rings is 2. The van der Waals surface area contributed by atoms with Crippen molar-refractivity contribution in [1.29, 1.82) is 0 Å². The van der Waals surface area contributed by atoms with Crippen LogP contribution in [0, 0.1) is 0 Å². The van der Waals surface area contributed by atoms with Gasteiger partial charge in [-0.1, -0.05) is 19.1 Å². The molecular weight excluding hydrogens is 453 g/mol. The molecule has 0 spiro atoms. The molecule has 0 saturated heterocycles. The molecule has 0 unspecified atom stereocenters. The van der Waals surface area contributed by atoms with Gasteiger partial charge in [0.05, 0.1) is 17.9 Å². The van der Waals surface area contributed by atoms with Crippen LogP contribution in [0.25, 0.3) is 21.5 Å². The minimum absolute atomic E-state index is 0.103. The first kappa shape index (κ1) is 22.8. The summed E-state index contributed by atoms with van der Waals surface area (Å²) < 4.78 is 46.0. The minimum Gasteiger partial charge on any atom is -0.493 e. The molecule has 0 bridgehead atoms. The summed E-state index contributed by atoms with van der Waals surface area (Å²) in [5.74, 6) is -0.231. The summed E-state index contributed by atoms with van der Waals surface area (Å²) in [5.41, 5.74) is 1.68. The van der Waals surface area contributed by atoms with Crippen molar-refractivity contribution in [1.82, 2.24) is 9.55 Å². The van der Waals surface area contributed by atoms with E-state index in [0.717, 1.165) is 40.0 Å². The van der Waals surface area contributed by atoms with Crippen LogP contribution >= 0.6 is 11.3 Å². The molecule has 9 heteroatoms. The molecule has 0 radical (unpaired) electrons. The highest BCUT2D eigenvalue weighted by molar-refractivity contribution is 7.15. The lowest BCUT2D eigenvalue weighted by Gasteiger charge is -2.07. The van der Waals surface area contributed by atoms with E-state index in [1.54, 1.807) is 16.8 Å². The number of nitrogens with zero attached hydrogens (tertiary/aromatic N) is 2. The van der Waals surface area contributed by atoms with Gasteiger partial charge in [0.25, 0.3) is 0 Å². The maximum Gasteiger partial charge on any atom is 0.416 e. The summed E-state index contributed by atoms with van der Waals surface area (Å²) in [6.45, 7) is 2.31. The van der Waals surface area contributed by atoms with E-state index in [1.165, 1.54) is 23.5 Å². The van der Waals surface area contributed by atoms with Gasteiger partial charge in [-0.3, -0.25) is 4.79 Å². The third-order valence-electron chi connectivity index (χ3n) is 5.21. The van der Waals surface area contributed by atoms with Gasteiger partial charge < -0.3 is 14.4 Å². The number of halogens is 3. The SMILES string of the molecule is CCc1sc(-c2ccc(C(F)(F)F)cc2)nc1CCOc1ccc2c(ccn2CC(=O)O)c1. The number of hydrogen-bond donors (Lipinski definition) is 1. The number of ether oxygens (including phenoxy) is 1. The summed E-state index contributed by atoms with van der Waals surface area (Å²) in [6, 6.07) is 12.4. The summed E-state index contributed by atoms with van der Waals surface area (Å²) in [5, 5.41) is 10.6. The predicted molar refractivity (Wildman–Crippen MR) is 121 cm³/mol. The molecule has 33 heavy (non-hydrogen) atoms. The fourth-order valence-corrected chi connectivity index (χ4v) is 4.65. The third kappa shape index (κ3) is 5.19. The van der Waals surface area contributed by atoms with Gasteiger partial charge >= 0.3 is 12.1 Å². The van der Waals surface area contributed by atoms with Crippen molar-refractivity contribution in [3.05, 3.63) is 70.9 Å². The number of thiazole rings is 1. The molecule has 0 aliphatic heterocycles. The van der Waals surface area contributed by atoms with Gasteiger partial charge in [-0.25, -0.2) is 4.98 Å². The van der Waals surface area contributed by atoms with Crippen molar-refractivity contribution >= 4 is 28.2 Å². The zero-order valence-corrected chi connectivity index (χ0v) is 18.5. The first-order chi connectivity index (χ1) is 15.7. The van der Waals surface area contributed by atoms with Crippen LogP contribution in [0.15, 0.2) is 54.7 Å². The van der Waals surface area contributed by atoms with E-state index in [1.807, 2.05) is 25.1 Å². The Labute approximate surface area is 192 Å². The highest BCUT2D eigenvalue weighted by atomic mass is 32.1. The van der Waals surface area contributed by atoms with Crippen LogP contribution in [0.2, 0.25) is 0 Å². The molecule has 2 heterocycles. The Morgan fingerprint density at radius 1 is 1.15 bits per heavy atom. The van der Waals surface area contributed by atoms with Crippen LogP contribution in [0.4, 0.5) is 13.2 Å². The molecule has 1 N–H and O–H groups in total. The molecule has 4 aromatic rings. The van der Waals surface area contributed by atoms with Gasteiger partial charge in [-0.05, 0) is 42.8 Å². The number of carbonyl (C=O) groups is 1. The number of aromatic nitrogens is 2. The van der Waals surface area contributed by atoms with Crippen molar-refractivity contribution in [2.24, 2.45) is 0 Å². The smallest absolute Gasteiger partial charge is 0.416 e. The Morgan fingerprint density at radius 2 is 1.91 bits per heavy atom. The molecular formula is C24H21F3N2O3S. The van der Waals surface area contributed by atoms with Crippen molar-refractivity contribution in [3.63, 3.8) is 0 Å². The standard InChI is InChI=1S/C24H21F3N2O3S/c1-2-21-19(28-23(33-21)15-3-5-17(6-4-15)24(25,26)27)10-12-32-18-7-8-20-16(13-18)9-11-29(20)14-22(30)31/h3-9,11,13H,2,10,12,14H2,1H3,(H,30,31). The van der Waals surface area contributed by atoms with Gasteiger partial charge in [0.1, 0.15) is 17.3 Å². The predicted octanol–water partition coefficient (Wildman–Crippen LogP) is 6.05.